The average Bonchev–Trinajstić information content (AvgIpc) is 3.21. The van der Waals surface area contributed by atoms with Crippen molar-refractivity contribution in [2.24, 2.45) is 11.8 Å². The molecule has 2 fully saturated rings. The Morgan fingerprint density at radius 2 is 1.71 bits per heavy atom. The first-order valence-corrected chi connectivity index (χ1v) is 11.6. The molecule has 0 N–H and O–H groups in total. The molecule has 0 radical (unpaired) electrons. The largest absolute Gasteiger partial charge is 0.454 e. The smallest absolute Gasteiger partial charge is 0.395 e. The van der Waals surface area contributed by atoms with Crippen LogP contribution in [0.3, 0.4) is 0 Å². The van der Waals surface area contributed by atoms with Crippen LogP contribution in [-0.4, -0.2) is 43.3 Å². The van der Waals surface area contributed by atoms with Gasteiger partial charge in [-0.25, -0.2) is 0 Å². The van der Waals surface area contributed by atoms with Crippen molar-refractivity contribution >= 4 is 5.78 Å². The van der Waals surface area contributed by atoms with Crippen molar-refractivity contribution in [2.75, 3.05) is 26.4 Å². The zero-order chi connectivity index (χ0) is 21.8. The van der Waals surface area contributed by atoms with Crippen LogP contribution in [0.1, 0.15) is 69.3 Å². The molecule has 1 aromatic carbocycles. The summed E-state index contributed by atoms with van der Waals surface area (Å²) in [4.78, 5) is 14.1. The van der Waals surface area contributed by atoms with E-state index in [4.69, 9.17) is 9.47 Å². The van der Waals surface area contributed by atoms with Crippen molar-refractivity contribution in [3.63, 3.8) is 0 Å². The minimum Gasteiger partial charge on any atom is -0.454 e. The number of hydrogen-bond acceptors (Lipinski definition) is 4. The molecule has 0 amide bonds. The van der Waals surface area contributed by atoms with Crippen LogP contribution in [0.25, 0.3) is 0 Å². The van der Waals surface area contributed by atoms with E-state index in [0.717, 1.165) is 76.1 Å². The van der Waals surface area contributed by atoms with Crippen LogP contribution >= 0.6 is 0 Å². The summed E-state index contributed by atoms with van der Waals surface area (Å²) in [6.45, 7) is 3.55. The van der Waals surface area contributed by atoms with Crippen molar-refractivity contribution in [3.8, 4) is 11.5 Å². The predicted molar refractivity (Wildman–Crippen MR) is 111 cm³/mol. The number of para-hydroxylation sites is 1. The van der Waals surface area contributed by atoms with E-state index >= 15 is 0 Å². The number of likely N-dealkylation sites (tertiary alicyclic amines) is 1. The molecule has 0 bridgehead atoms. The number of Topliss-reactive ketones (excluding diaryl/α,β-unsaturated/α-hetero) is 1. The van der Waals surface area contributed by atoms with E-state index in [9.17, 15) is 18.0 Å². The molecule has 0 atom stereocenters. The number of piperidine rings is 1. The summed E-state index contributed by atoms with van der Waals surface area (Å²) < 4.78 is 48.2. The highest BCUT2D eigenvalue weighted by Gasteiger charge is 2.33. The van der Waals surface area contributed by atoms with Gasteiger partial charge in [0.2, 0.25) is 6.79 Å². The number of alkyl halides is 3. The Labute approximate surface area is 182 Å². The normalized spacial score (nSPS) is 25.0. The van der Waals surface area contributed by atoms with Gasteiger partial charge in [0.25, 0.3) is 0 Å². The molecular formula is C24H32F3NO3. The first kappa shape index (κ1) is 22.4. The maximum Gasteiger partial charge on any atom is 0.395 e. The Hall–Kier alpha value is -1.76. The van der Waals surface area contributed by atoms with Crippen LogP contribution in [-0.2, 0) is 4.79 Å². The number of rotatable bonds is 7. The standard InChI is InChI=1S/C24H32F3NO3/c25-24(26,27)15-20(29)14-18-6-4-17(5-7-18)8-11-28-12-9-19(10-13-28)21-2-1-3-22-23(21)31-16-30-22/h1-3,17-19H,4-16H2. The van der Waals surface area contributed by atoms with Crippen LogP contribution < -0.4 is 9.47 Å². The highest BCUT2D eigenvalue weighted by Crippen LogP contribution is 2.42. The highest BCUT2D eigenvalue weighted by atomic mass is 19.4. The first-order valence-electron chi connectivity index (χ1n) is 11.6. The number of carbonyl (C=O) groups is 1. The third-order valence-corrected chi connectivity index (χ3v) is 7.19. The monoisotopic (exact) mass is 439 g/mol. The number of carbonyl (C=O) groups excluding carboxylic acids is 1. The van der Waals surface area contributed by atoms with Crippen molar-refractivity contribution in [1.82, 2.24) is 4.90 Å². The van der Waals surface area contributed by atoms with E-state index in [1.54, 1.807) is 0 Å². The molecule has 1 saturated heterocycles. The lowest BCUT2D eigenvalue weighted by Gasteiger charge is -2.34. The van der Waals surface area contributed by atoms with Gasteiger partial charge in [-0.1, -0.05) is 25.0 Å². The molecule has 31 heavy (non-hydrogen) atoms. The average molecular weight is 440 g/mol. The van der Waals surface area contributed by atoms with E-state index in [-0.39, 0.29) is 12.3 Å². The Bertz CT molecular complexity index is 751. The molecule has 3 aliphatic rings. The Kier molecular flexibility index (Phi) is 7.09. The van der Waals surface area contributed by atoms with Crippen molar-refractivity contribution < 1.29 is 27.4 Å². The van der Waals surface area contributed by atoms with Crippen molar-refractivity contribution in [1.29, 1.82) is 0 Å². The number of fused-ring (bicyclic) bond motifs is 1. The number of ether oxygens (including phenoxy) is 2. The molecule has 4 nitrogen and oxygen atoms in total. The molecule has 1 saturated carbocycles. The number of nitrogens with zero attached hydrogens (tertiary/aromatic N) is 1. The van der Waals surface area contributed by atoms with Crippen molar-refractivity contribution in [2.45, 2.75) is 69.9 Å². The lowest BCUT2D eigenvalue weighted by Crippen LogP contribution is -2.34. The summed E-state index contributed by atoms with van der Waals surface area (Å²) in [5.74, 6) is 2.41. The second-order valence-electron chi connectivity index (χ2n) is 9.41. The van der Waals surface area contributed by atoms with Crippen LogP contribution in [0.4, 0.5) is 13.2 Å². The Morgan fingerprint density at radius 1 is 1.00 bits per heavy atom. The van der Waals surface area contributed by atoms with Gasteiger partial charge in [-0.05, 0) is 75.6 Å². The van der Waals surface area contributed by atoms with Gasteiger partial charge in [-0.2, -0.15) is 13.2 Å². The van der Waals surface area contributed by atoms with E-state index in [1.165, 1.54) is 5.56 Å². The molecule has 1 aliphatic carbocycles. The van der Waals surface area contributed by atoms with E-state index in [2.05, 4.69) is 11.0 Å². The second kappa shape index (κ2) is 9.80. The molecule has 1 aromatic rings. The van der Waals surface area contributed by atoms with E-state index < -0.39 is 18.4 Å². The molecule has 2 heterocycles. The third kappa shape index (κ3) is 6.15. The van der Waals surface area contributed by atoms with Gasteiger partial charge in [-0.3, -0.25) is 4.79 Å². The zero-order valence-corrected chi connectivity index (χ0v) is 18.0. The molecule has 0 aromatic heterocycles. The number of halogens is 3. The fraction of sp³-hybridized carbons (Fsp3) is 0.708. The fourth-order valence-corrected chi connectivity index (χ4v) is 5.45. The summed E-state index contributed by atoms with van der Waals surface area (Å²) in [7, 11) is 0. The van der Waals surface area contributed by atoms with Gasteiger partial charge >= 0.3 is 6.18 Å². The third-order valence-electron chi connectivity index (χ3n) is 7.19. The summed E-state index contributed by atoms with van der Waals surface area (Å²) in [5.41, 5.74) is 1.27. The zero-order valence-electron chi connectivity index (χ0n) is 18.0. The molecule has 4 rings (SSSR count). The summed E-state index contributed by atoms with van der Waals surface area (Å²) in [6, 6.07) is 6.16. The van der Waals surface area contributed by atoms with Gasteiger partial charge in [0.05, 0.1) is 0 Å². The molecule has 7 heteroatoms. The topological polar surface area (TPSA) is 38.8 Å². The molecule has 172 valence electrons. The summed E-state index contributed by atoms with van der Waals surface area (Å²) >= 11 is 0. The van der Waals surface area contributed by atoms with Crippen LogP contribution in [0.15, 0.2) is 18.2 Å². The number of hydrogen-bond donors (Lipinski definition) is 0. The lowest BCUT2D eigenvalue weighted by atomic mass is 9.78. The molecule has 2 aliphatic heterocycles. The quantitative estimate of drug-likeness (QED) is 0.546. The fourth-order valence-electron chi connectivity index (χ4n) is 5.45. The summed E-state index contributed by atoms with van der Waals surface area (Å²) in [5, 5.41) is 0. The van der Waals surface area contributed by atoms with Gasteiger partial charge in [0, 0.05) is 12.0 Å². The summed E-state index contributed by atoms with van der Waals surface area (Å²) in [6.07, 6.45) is 1.68. The van der Waals surface area contributed by atoms with E-state index in [0.29, 0.717) is 18.6 Å². The Balaban J connectivity index is 1.15. The Morgan fingerprint density at radius 3 is 2.42 bits per heavy atom. The van der Waals surface area contributed by atoms with Gasteiger partial charge in [0.15, 0.2) is 11.5 Å². The lowest BCUT2D eigenvalue weighted by molar-refractivity contribution is -0.153. The number of benzene rings is 1. The maximum atomic E-state index is 12.3. The van der Waals surface area contributed by atoms with Crippen LogP contribution in [0.5, 0.6) is 11.5 Å². The van der Waals surface area contributed by atoms with Gasteiger partial charge in [0.1, 0.15) is 12.2 Å². The molecule has 0 unspecified atom stereocenters. The minimum atomic E-state index is -4.37. The second-order valence-corrected chi connectivity index (χ2v) is 9.41. The SMILES string of the molecule is O=C(CC1CCC(CCN2CCC(c3cccc4c3OCO4)CC2)CC1)CC(F)(F)F. The number of ketones is 1. The first-order chi connectivity index (χ1) is 14.9. The minimum absolute atomic E-state index is 0.0949. The van der Waals surface area contributed by atoms with Gasteiger partial charge < -0.3 is 14.4 Å². The predicted octanol–water partition coefficient (Wildman–Crippen LogP) is 5.70. The maximum absolute atomic E-state index is 12.3. The van der Waals surface area contributed by atoms with E-state index in [1.807, 2.05) is 12.1 Å². The van der Waals surface area contributed by atoms with Crippen LogP contribution in [0, 0.1) is 11.8 Å². The van der Waals surface area contributed by atoms with Crippen molar-refractivity contribution in [3.05, 3.63) is 23.8 Å². The molecule has 0 spiro atoms. The highest BCUT2D eigenvalue weighted by molar-refractivity contribution is 5.79. The van der Waals surface area contributed by atoms with Gasteiger partial charge in [-0.15, -0.1) is 0 Å². The molecular weight excluding hydrogens is 407 g/mol. The van der Waals surface area contributed by atoms with Crippen LogP contribution in [0.2, 0.25) is 0 Å².